The molecule has 1 heterocycles. The van der Waals surface area contributed by atoms with Gasteiger partial charge >= 0.3 is 5.97 Å². The molecular weight excluding hydrogens is 254 g/mol. The topological polar surface area (TPSA) is 49.8 Å². The number of ether oxygens (including phenoxy) is 1. The molecule has 0 radical (unpaired) electrons. The summed E-state index contributed by atoms with van der Waals surface area (Å²) < 4.78 is 5.17. The predicted octanol–water partition coefficient (Wildman–Crippen LogP) is 3.02. The van der Waals surface area contributed by atoms with E-state index in [1.807, 2.05) is 12.1 Å². The Morgan fingerprint density at radius 2 is 2.10 bits per heavy atom. The third-order valence-electron chi connectivity index (χ3n) is 4.19. The van der Waals surface area contributed by atoms with Crippen LogP contribution in [-0.2, 0) is 6.54 Å². The highest BCUT2D eigenvalue weighted by Gasteiger charge is 2.18. The minimum absolute atomic E-state index is 0.223. The number of rotatable bonds is 5. The van der Waals surface area contributed by atoms with Crippen LogP contribution in [0.4, 0.5) is 0 Å². The van der Waals surface area contributed by atoms with Crippen molar-refractivity contribution in [2.75, 3.05) is 20.2 Å². The lowest BCUT2D eigenvalue weighted by Crippen LogP contribution is -2.33. The third-order valence-corrected chi connectivity index (χ3v) is 4.19. The number of carboxylic acids is 1. The molecule has 0 aromatic heterocycles. The predicted molar refractivity (Wildman–Crippen MR) is 78.2 cm³/mol. The molecule has 0 amide bonds. The molecule has 1 aromatic carbocycles. The van der Waals surface area contributed by atoms with Gasteiger partial charge in [0.2, 0.25) is 0 Å². The molecule has 1 aliphatic heterocycles. The van der Waals surface area contributed by atoms with Crippen LogP contribution in [0.3, 0.4) is 0 Å². The molecular formula is C16H23NO3. The van der Waals surface area contributed by atoms with Crippen LogP contribution in [0.5, 0.6) is 5.75 Å². The molecule has 2 rings (SSSR count). The Hall–Kier alpha value is -1.55. The maximum absolute atomic E-state index is 11.1. The first kappa shape index (κ1) is 14.9. The Morgan fingerprint density at radius 1 is 1.40 bits per heavy atom. The monoisotopic (exact) mass is 277 g/mol. The molecule has 1 N–H and O–H groups in total. The Morgan fingerprint density at radius 3 is 2.65 bits per heavy atom. The van der Waals surface area contributed by atoms with E-state index in [1.165, 1.54) is 26.4 Å². The molecule has 110 valence electrons. The van der Waals surface area contributed by atoms with Crippen molar-refractivity contribution < 1.29 is 14.6 Å². The van der Waals surface area contributed by atoms with E-state index in [0.717, 1.165) is 31.1 Å². The highest BCUT2D eigenvalue weighted by atomic mass is 16.5. The normalized spacial score (nSPS) is 17.1. The van der Waals surface area contributed by atoms with Gasteiger partial charge < -0.3 is 9.84 Å². The van der Waals surface area contributed by atoms with Gasteiger partial charge in [0.05, 0.1) is 7.11 Å². The first-order valence-corrected chi connectivity index (χ1v) is 7.26. The highest BCUT2D eigenvalue weighted by molar-refractivity contribution is 5.90. The zero-order valence-corrected chi connectivity index (χ0v) is 12.3. The van der Waals surface area contributed by atoms with Gasteiger partial charge in [0.1, 0.15) is 11.3 Å². The molecule has 1 saturated heterocycles. The number of hydrogen-bond acceptors (Lipinski definition) is 3. The maximum atomic E-state index is 11.1. The second kappa shape index (κ2) is 6.75. The molecule has 1 aliphatic rings. The third kappa shape index (κ3) is 3.51. The van der Waals surface area contributed by atoms with Gasteiger partial charge in [-0.1, -0.05) is 19.4 Å². The number of methoxy groups -OCH3 is 1. The first-order chi connectivity index (χ1) is 9.63. The minimum Gasteiger partial charge on any atom is -0.496 e. The molecule has 0 unspecified atom stereocenters. The summed E-state index contributed by atoms with van der Waals surface area (Å²) in [6, 6.07) is 5.36. The summed E-state index contributed by atoms with van der Waals surface area (Å²) >= 11 is 0. The van der Waals surface area contributed by atoms with Crippen LogP contribution in [-0.4, -0.2) is 36.2 Å². The maximum Gasteiger partial charge on any atom is 0.339 e. The van der Waals surface area contributed by atoms with E-state index in [1.54, 1.807) is 6.07 Å². The summed E-state index contributed by atoms with van der Waals surface area (Å²) in [6.07, 6.45) is 3.80. The molecule has 1 aromatic rings. The van der Waals surface area contributed by atoms with Gasteiger partial charge in [-0.25, -0.2) is 4.79 Å². The van der Waals surface area contributed by atoms with E-state index in [0.29, 0.717) is 5.75 Å². The number of aromatic carboxylic acids is 1. The average Bonchev–Trinajstić information content (AvgIpc) is 2.47. The molecule has 0 aliphatic carbocycles. The first-order valence-electron chi connectivity index (χ1n) is 7.26. The van der Waals surface area contributed by atoms with Crippen LogP contribution in [0.2, 0.25) is 0 Å². The Balaban J connectivity index is 2.01. The van der Waals surface area contributed by atoms with E-state index in [-0.39, 0.29) is 5.56 Å². The number of likely N-dealkylation sites (tertiary alicyclic amines) is 1. The van der Waals surface area contributed by atoms with E-state index in [4.69, 9.17) is 9.84 Å². The van der Waals surface area contributed by atoms with E-state index >= 15 is 0 Å². The second-order valence-corrected chi connectivity index (χ2v) is 5.47. The lowest BCUT2D eigenvalue weighted by molar-refractivity contribution is 0.0693. The van der Waals surface area contributed by atoms with E-state index < -0.39 is 5.97 Å². The van der Waals surface area contributed by atoms with Crippen molar-refractivity contribution in [3.63, 3.8) is 0 Å². The molecule has 0 saturated carbocycles. The summed E-state index contributed by atoms with van der Waals surface area (Å²) in [6.45, 7) is 5.38. The summed E-state index contributed by atoms with van der Waals surface area (Å²) in [5.41, 5.74) is 1.34. The number of piperidine rings is 1. The van der Waals surface area contributed by atoms with Gasteiger partial charge in [-0.15, -0.1) is 0 Å². The van der Waals surface area contributed by atoms with Gasteiger partial charge in [-0.3, -0.25) is 4.90 Å². The van der Waals surface area contributed by atoms with Crippen LogP contribution >= 0.6 is 0 Å². The average molecular weight is 277 g/mol. The SMILES string of the molecule is CCC1CCN(Cc2ccc(C(=O)O)c(OC)c2)CC1. The van der Waals surface area contributed by atoms with Gasteiger partial charge in [-0.2, -0.15) is 0 Å². The molecule has 4 nitrogen and oxygen atoms in total. The Kier molecular flexibility index (Phi) is 5.01. The van der Waals surface area contributed by atoms with Crippen molar-refractivity contribution in [1.29, 1.82) is 0 Å². The number of carboxylic acid groups (broad SMARTS) is 1. The highest BCUT2D eigenvalue weighted by Crippen LogP contribution is 2.24. The van der Waals surface area contributed by atoms with Crippen molar-refractivity contribution in [2.24, 2.45) is 5.92 Å². The quantitative estimate of drug-likeness (QED) is 0.899. The number of benzene rings is 1. The molecule has 4 heteroatoms. The fourth-order valence-corrected chi connectivity index (χ4v) is 2.82. The standard InChI is InChI=1S/C16H23NO3/c1-3-12-6-8-17(9-7-12)11-13-4-5-14(16(18)19)15(10-13)20-2/h4-5,10,12H,3,6-9,11H2,1-2H3,(H,18,19). The summed E-state index contributed by atoms with van der Waals surface area (Å²) in [5, 5.41) is 9.07. The van der Waals surface area contributed by atoms with Gasteiger partial charge in [0.15, 0.2) is 0 Å². The number of carbonyl (C=O) groups is 1. The summed E-state index contributed by atoms with van der Waals surface area (Å²) in [4.78, 5) is 13.5. The van der Waals surface area contributed by atoms with Crippen LogP contribution in [0, 0.1) is 5.92 Å². The number of hydrogen-bond donors (Lipinski definition) is 1. The molecule has 0 bridgehead atoms. The Labute approximate surface area is 120 Å². The van der Waals surface area contributed by atoms with Crippen LogP contribution in [0.15, 0.2) is 18.2 Å². The van der Waals surface area contributed by atoms with E-state index in [2.05, 4.69) is 11.8 Å². The van der Waals surface area contributed by atoms with Crippen molar-refractivity contribution in [2.45, 2.75) is 32.7 Å². The molecule has 1 fully saturated rings. The van der Waals surface area contributed by atoms with Crippen molar-refractivity contribution in [3.05, 3.63) is 29.3 Å². The zero-order chi connectivity index (χ0) is 14.5. The fourth-order valence-electron chi connectivity index (χ4n) is 2.82. The van der Waals surface area contributed by atoms with E-state index in [9.17, 15) is 4.79 Å². The lowest BCUT2D eigenvalue weighted by Gasteiger charge is -2.31. The minimum atomic E-state index is -0.947. The Bertz CT molecular complexity index is 465. The largest absolute Gasteiger partial charge is 0.496 e. The van der Waals surface area contributed by atoms with Crippen LogP contribution in [0.1, 0.15) is 42.1 Å². The van der Waals surface area contributed by atoms with Gasteiger partial charge in [0, 0.05) is 6.54 Å². The number of nitrogens with zero attached hydrogens (tertiary/aromatic N) is 1. The van der Waals surface area contributed by atoms with Crippen molar-refractivity contribution >= 4 is 5.97 Å². The summed E-state index contributed by atoms with van der Waals surface area (Å²) in [7, 11) is 1.51. The van der Waals surface area contributed by atoms with Gasteiger partial charge in [0.25, 0.3) is 0 Å². The van der Waals surface area contributed by atoms with Crippen molar-refractivity contribution in [1.82, 2.24) is 4.90 Å². The second-order valence-electron chi connectivity index (χ2n) is 5.47. The summed E-state index contributed by atoms with van der Waals surface area (Å²) in [5.74, 6) is 0.366. The van der Waals surface area contributed by atoms with Crippen molar-refractivity contribution in [3.8, 4) is 5.75 Å². The molecule has 0 spiro atoms. The molecule has 0 atom stereocenters. The smallest absolute Gasteiger partial charge is 0.339 e. The molecule has 20 heavy (non-hydrogen) atoms. The van der Waals surface area contributed by atoms with Gasteiger partial charge in [-0.05, 0) is 49.5 Å². The van der Waals surface area contributed by atoms with Crippen LogP contribution in [0.25, 0.3) is 0 Å². The fraction of sp³-hybridized carbons (Fsp3) is 0.562. The lowest BCUT2D eigenvalue weighted by atomic mass is 9.94. The van der Waals surface area contributed by atoms with Crippen LogP contribution < -0.4 is 4.74 Å². The zero-order valence-electron chi connectivity index (χ0n) is 12.3.